The van der Waals surface area contributed by atoms with Gasteiger partial charge in [0, 0.05) is 17.1 Å². The lowest BCUT2D eigenvalue weighted by atomic mass is 9.95. The molecule has 2 aromatic carbocycles. The van der Waals surface area contributed by atoms with E-state index in [2.05, 4.69) is 4.99 Å². The number of aryl methyl sites for hydroxylation is 1. The Labute approximate surface area is 257 Å². The van der Waals surface area contributed by atoms with Crippen LogP contribution in [0.4, 0.5) is 0 Å². The van der Waals surface area contributed by atoms with Gasteiger partial charge in [0.15, 0.2) is 16.3 Å². The van der Waals surface area contributed by atoms with Crippen molar-refractivity contribution in [2.45, 2.75) is 40.7 Å². The van der Waals surface area contributed by atoms with Crippen LogP contribution in [0.2, 0.25) is 0 Å². The van der Waals surface area contributed by atoms with Gasteiger partial charge in [-0.3, -0.25) is 9.36 Å². The predicted octanol–water partition coefficient (Wildman–Crippen LogP) is 4.31. The van der Waals surface area contributed by atoms with Crippen molar-refractivity contribution in [3.8, 4) is 17.2 Å². The second kappa shape index (κ2) is 12.4. The van der Waals surface area contributed by atoms with E-state index in [1.54, 1.807) is 57.4 Å². The molecule has 0 spiro atoms. The third kappa shape index (κ3) is 5.46. The van der Waals surface area contributed by atoms with Crippen molar-refractivity contribution in [3.63, 3.8) is 0 Å². The van der Waals surface area contributed by atoms with E-state index in [0.717, 1.165) is 17.0 Å². The van der Waals surface area contributed by atoms with Crippen LogP contribution in [-0.4, -0.2) is 46.5 Å². The summed E-state index contributed by atoms with van der Waals surface area (Å²) in [5.41, 5.74) is 4.49. The number of aromatic nitrogens is 2. The fourth-order valence-electron chi connectivity index (χ4n) is 5.49. The molecule has 0 fully saturated rings. The van der Waals surface area contributed by atoms with E-state index < -0.39 is 18.0 Å². The van der Waals surface area contributed by atoms with E-state index in [4.69, 9.17) is 14.2 Å². The summed E-state index contributed by atoms with van der Waals surface area (Å²) in [5.74, 6) is -0.528. The van der Waals surface area contributed by atoms with Gasteiger partial charge >= 0.3 is 11.9 Å². The van der Waals surface area contributed by atoms with Crippen LogP contribution in [0.3, 0.4) is 0 Å². The van der Waals surface area contributed by atoms with Gasteiger partial charge in [-0.2, -0.15) is 0 Å². The molecular formula is C33H33N3O7S. The number of hydrogen-bond acceptors (Lipinski definition) is 8. The third-order valence-corrected chi connectivity index (χ3v) is 8.41. The van der Waals surface area contributed by atoms with Gasteiger partial charge in [0.2, 0.25) is 0 Å². The number of carbonyl (C=O) groups is 2. The first kappa shape index (κ1) is 30.6. The number of carboxylic acid groups (broad SMARTS) is 1. The monoisotopic (exact) mass is 615 g/mol. The number of fused-ring (bicyclic) bond motifs is 1. The lowest BCUT2D eigenvalue weighted by Crippen LogP contribution is -2.40. The Morgan fingerprint density at radius 1 is 1.05 bits per heavy atom. The van der Waals surface area contributed by atoms with Crippen LogP contribution in [-0.2, 0) is 9.53 Å². The van der Waals surface area contributed by atoms with Crippen LogP contribution in [0.1, 0.15) is 59.7 Å². The van der Waals surface area contributed by atoms with Crippen LogP contribution in [0.5, 0.6) is 11.5 Å². The third-order valence-electron chi connectivity index (χ3n) is 7.43. The molecule has 10 nitrogen and oxygen atoms in total. The molecule has 0 saturated heterocycles. The summed E-state index contributed by atoms with van der Waals surface area (Å²) in [6.45, 7) is 9.75. The van der Waals surface area contributed by atoms with Gasteiger partial charge in [0.25, 0.3) is 5.56 Å². The molecule has 0 amide bonds. The molecule has 44 heavy (non-hydrogen) atoms. The average molecular weight is 616 g/mol. The zero-order valence-corrected chi connectivity index (χ0v) is 26.2. The maximum Gasteiger partial charge on any atom is 0.338 e. The number of methoxy groups -OCH3 is 1. The molecule has 0 saturated carbocycles. The topological polar surface area (TPSA) is 121 Å². The highest BCUT2D eigenvalue weighted by atomic mass is 32.1. The normalized spacial score (nSPS) is 14.7. The van der Waals surface area contributed by atoms with Crippen LogP contribution < -0.4 is 24.4 Å². The van der Waals surface area contributed by atoms with Crippen LogP contribution in [0, 0.1) is 13.8 Å². The van der Waals surface area contributed by atoms with Crippen molar-refractivity contribution in [1.29, 1.82) is 0 Å². The summed E-state index contributed by atoms with van der Waals surface area (Å²) in [6, 6.07) is 13.2. The van der Waals surface area contributed by atoms with E-state index in [0.29, 0.717) is 44.4 Å². The lowest BCUT2D eigenvalue weighted by molar-refractivity contribution is -0.139. The lowest BCUT2D eigenvalue weighted by Gasteiger charge is -2.25. The first-order valence-corrected chi connectivity index (χ1v) is 14.9. The van der Waals surface area contributed by atoms with Crippen molar-refractivity contribution >= 4 is 29.4 Å². The molecule has 0 bridgehead atoms. The Hall–Kier alpha value is -4.90. The summed E-state index contributed by atoms with van der Waals surface area (Å²) in [4.78, 5) is 44.1. The Bertz CT molecular complexity index is 2000. The largest absolute Gasteiger partial charge is 0.493 e. The van der Waals surface area contributed by atoms with Gasteiger partial charge in [-0.15, -0.1) is 0 Å². The van der Waals surface area contributed by atoms with E-state index in [-0.39, 0.29) is 23.3 Å². The van der Waals surface area contributed by atoms with E-state index in [1.165, 1.54) is 15.9 Å². The molecule has 0 radical (unpaired) electrons. The fourth-order valence-corrected chi connectivity index (χ4v) is 6.53. The standard InChI is InChI=1S/C33H33N3O7S/c1-7-42-26-16-21(12-13-25(26)41-6)29-28(32(40)43-8-2)19(4)34-33-36(29)30(37)27(44-33)17-23-14-18(3)35(20(23)5)24-11-9-10-22(15-24)31(38)39/h9-17,29H,7-8H2,1-6H3,(H,38,39)/b27-17-/t29-/m0/s1. The Balaban J connectivity index is 1.69. The van der Waals surface area contributed by atoms with Gasteiger partial charge in [-0.1, -0.05) is 23.5 Å². The van der Waals surface area contributed by atoms with Crippen molar-refractivity contribution in [2.75, 3.05) is 20.3 Å². The van der Waals surface area contributed by atoms with E-state index >= 15 is 0 Å². The maximum atomic E-state index is 14.1. The summed E-state index contributed by atoms with van der Waals surface area (Å²) in [5, 5.41) is 9.47. The summed E-state index contributed by atoms with van der Waals surface area (Å²) in [6.07, 6.45) is 1.81. The highest BCUT2D eigenvalue weighted by Gasteiger charge is 2.34. The zero-order valence-electron chi connectivity index (χ0n) is 25.3. The SMILES string of the molecule is CCOC(=O)C1=C(C)N=c2s/c(=C\c3cc(C)n(-c4cccc(C(=O)O)c4)c3C)c(=O)n2[C@H]1c1ccc(OC)c(OCC)c1. The Kier molecular flexibility index (Phi) is 8.59. The number of carbonyl (C=O) groups excluding carboxylic acids is 1. The average Bonchev–Trinajstić information content (AvgIpc) is 3.45. The molecule has 2 aromatic heterocycles. The first-order chi connectivity index (χ1) is 21.1. The predicted molar refractivity (Wildman–Crippen MR) is 167 cm³/mol. The van der Waals surface area contributed by atoms with Crippen LogP contribution >= 0.6 is 11.3 Å². The number of ether oxygens (including phenoxy) is 3. The van der Waals surface area contributed by atoms with Gasteiger partial charge < -0.3 is 23.9 Å². The highest BCUT2D eigenvalue weighted by molar-refractivity contribution is 7.07. The fraction of sp³-hybridized carbons (Fsp3) is 0.273. The molecule has 1 aliphatic heterocycles. The van der Waals surface area contributed by atoms with Crippen molar-refractivity contribution in [3.05, 3.63) is 108 Å². The van der Waals surface area contributed by atoms with E-state index in [1.807, 2.05) is 43.5 Å². The minimum Gasteiger partial charge on any atom is -0.493 e. The molecular weight excluding hydrogens is 582 g/mol. The van der Waals surface area contributed by atoms with Crippen LogP contribution in [0.15, 0.2) is 69.6 Å². The number of carboxylic acids is 1. The summed E-state index contributed by atoms with van der Waals surface area (Å²) < 4.78 is 20.6. The number of benzene rings is 2. The molecule has 0 aliphatic carbocycles. The van der Waals surface area contributed by atoms with Gasteiger partial charge in [-0.05, 0) is 88.2 Å². The number of aromatic carboxylic acids is 1. The number of thiazole rings is 1. The number of hydrogen-bond donors (Lipinski definition) is 1. The number of nitrogens with zero attached hydrogens (tertiary/aromatic N) is 3. The van der Waals surface area contributed by atoms with Gasteiger partial charge in [0.05, 0.1) is 47.7 Å². The van der Waals surface area contributed by atoms with Crippen molar-refractivity contribution < 1.29 is 28.9 Å². The molecule has 1 aliphatic rings. The maximum absolute atomic E-state index is 14.1. The molecule has 5 rings (SSSR count). The number of esters is 1. The van der Waals surface area contributed by atoms with E-state index in [9.17, 15) is 19.5 Å². The smallest absolute Gasteiger partial charge is 0.338 e. The Morgan fingerprint density at radius 3 is 2.50 bits per heavy atom. The molecule has 4 aromatic rings. The molecule has 1 N–H and O–H groups in total. The number of allylic oxidation sites excluding steroid dienone is 1. The Morgan fingerprint density at radius 2 is 1.82 bits per heavy atom. The minimum atomic E-state index is -1.01. The van der Waals surface area contributed by atoms with Crippen LogP contribution in [0.25, 0.3) is 11.8 Å². The molecule has 1 atom stereocenters. The first-order valence-electron chi connectivity index (χ1n) is 14.1. The zero-order chi connectivity index (χ0) is 31.7. The van der Waals surface area contributed by atoms with Gasteiger partial charge in [0.1, 0.15) is 0 Å². The molecule has 3 heterocycles. The molecule has 228 valence electrons. The summed E-state index contributed by atoms with van der Waals surface area (Å²) in [7, 11) is 1.55. The second-order valence-electron chi connectivity index (χ2n) is 10.2. The highest BCUT2D eigenvalue weighted by Crippen LogP contribution is 2.36. The minimum absolute atomic E-state index is 0.171. The van der Waals surface area contributed by atoms with Crippen molar-refractivity contribution in [1.82, 2.24) is 9.13 Å². The molecule has 11 heteroatoms. The second-order valence-corrected chi connectivity index (χ2v) is 11.2. The summed E-state index contributed by atoms with van der Waals surface area (Å²) >= 11 is 1.23. The van der Waals surface area contributed by atoms with Crippen molar-refractivity contribution in [2.24, 2.45) is 4.99 Å². The number of rotatable bonds is 9. The van der Waals surface area contributed by atoms with Gasteiger partial charge in [-0.25, -0.2) is 14.6 Å². The molecule has 0 unspecified atom stereocenters. The quantitative estimate of drug-likeness (QED) is 0.279.